The molecule has 96 valence electrons. The van der Waals surface area contributed by atoms with Gasteiger partial charge < -0.3 is 5.73 Å². The molecule has 2 rings (SSSR count). The molecule has 0 saturated carbocycles. The van der Waals surface area contributed by atoms with Gasteiger partial charge >= 0.3 is 6.18 Å². The molecule has 0 bridgehead atoms. The van der Waals surface area contributed by atoms with Gasteiger partial charge in [-0.2, -0.15) is 13.2 Å². The Morgan fingerprint density at radius 3 is 2.67 bits per heavy atom. The topological polar surface area (TPSA) is 64.7 Å². The van der Waals surface area contributed by atoms with E-state index < -0.39 is 17.8 Å². The second-order valence-corrected chi connectivity index (χ2v) is 4.45. The highest BCUT2D eigenvalue weighted by molar-refractivity contribution is 7.05. The summed E-state index contributed by atoms with van der Waals surface area (Å²) < 4.78 is 42.2. The molecule has 4 nitrogen and oxygen atoms in total. The molecule has 8 heteroatoms. The van der Waals surface area contributed by atoms with Crippen molar-refractivity contribution in [3.8, 4) is 0 Å². The maximum absolute atomic E-state index is 12.8. The molecule has 2 N–H and O–H groups in total. The van der Waals surface area contributed by atoms with E-state index in [1.54, 1.807) is 6.92 Å². The zero-order chi connectivity index (χ0) is 13.3. The minimum absolute atomic E-state index is 0.0702. The maximum atomic E-state index is 12.8. The van der Waals surface area contributed by atoms with Gasteiger partial charge in [-0.3, -0.25) is 4.98 Å². The molecule has 1 unspecified atom stereocenters. The number of rotatable bonds is 2. The van der Waals surface area contributed by atoms with Gasteiger partial charge in [0, 0.05) is 18.0 Å². The zero-order valence-electron chi connectivity index (χ0n) is 9.27. The molecule has 0 aliphatic rings. The highest BCUT2D eigenvalue weighted by atomic mass is 32.1. The lowest BCUT2D eigenvalue weighted by Crippen LogP contribution is -2.18. The van der Waals surface area contributed by atoms with Gasteiger partial charge in [0.15, 0.2) is 0 Å². The normalized spacial score (nSPS) is 13.6. The van der Waals surface area contributed by atoms with Gasteiger partial charge in [-0.1, -0.05) is 4.49 Å². The lowest BCUT2D eigenvalue weighted by atomic mass is 10.0. The van der Waals surface area contributed by atoms with Crippen molar-refractivity contribution in [3.05, 3.63) is 40.2 Å². The minimum Gasteiger partial charge on any atom is -0.319 e. The van der Waals surface area contributed by atoms with Crippen LogP contribution in [-0.4, -0.2) is 14.6 Å². The van der Waals surface area contributed by atoms with Crippen molar-refractivity contribution in [2.45, 2.75) is 19.1 Å². The standard InChI is InChI=1S/C10H9F3N4S/c1-5-9(18-17-16-5)8(14)6-4-15-3-2-7(6)10(11,12)13/h2-4,8H,14H2,1H3. The van der Waals surface area contributed by atoms with E-state index in [2.05, 4.69) is 14.6 Å². The molecule has 0 fully saturated rings. The number of hydrogen-bond donors (Lipinski definition) is 1. The van der Waals surface area contributed by atoms with Gasteiger partial charge in [0.05, 0.1) is 22.2 Å². The Balaban J connectivity index is 2.49. The number of hydrogen-bond acceptors (Lipinski definition) is 5. The Morgan fingerprint density at radius 1 is 1.39 bits per heavy atom. The van der Waals surface area contributed by atoms with Crippen LogP contribution in [0.1, 0.15) is 27.7 Å². The second-order valence-electron chi connectivity index (χ2n) is 3.66. The summed E-state index contributed by atoms with van der Waals surface area (Å²) in [5.74, 6) is 0. The molecule has 0 aromatic carbocycles. The first-order valence-electron chi connectivity index (χ1n) is 4.97. The molecule has 0 aliphatic heterocycles. The number of aryl methyl sites for hydroxylation is 1. The summed E-state index contributed by atoms with van der Waals surface area (Å²) in [4.78, 5) is 4.21. The third-order valence-electron chi connectivity index (χ3n) is 2.46. The van der Waals surface area contributed by atoms with Crippen molar-refractivity contribution in [3.63, 3.8) is 0 Å². The van der Waals surface area contributed by atoms with Crippen LogP contribution < -0.4 is 5.73 Å². The Labute approximate surface area is 105 Å². The van der Waals surface area contributed by atoms with Gasteiger partial charge in [0.1, 0.15) is 0 Å². The van der Waals surface area contributed by atoms with E-state index in [0.29, 0.717) is 10.6 Å². The van der Waals surface area contributed by atoms with Gasteiger partial charge in [-0.15, -0.1) is 5.10 Å². The zero-order valence-corrected chi connectivity index (χ0v) is 10.1. The van der Waals surface area contributed by atoms with Crippen LogP contribution in [0.2, 0.25) is 0 Å². The minimum atomic E-state index is -4.46. The summed E-state index contributed by atoms with van der Waals surface area (Å²) in [5.41, 5.74) is 5.53. The number of alkyl halides is 3. The molecule has 2 aromatic heterocycles. The van der Waals surface area contributed by atoms with Gasteiger partial charge in [-0.25, -0.2) is 0 Å². The van der Waals surface area contributed by atoms with E-state index in [1.807, 2.05) is 0 Å². The van der Waals surface area contributed by atoms with E-state index in [-0.39, 0.29) is 5.56 Å². The average Bonchev–Trinajstić information content (AvgIpc) is 2.73. The third-order valence-corrected chi connectivity index (χ3v) is 3.37. The van der Waals surface area contributed by atoms with Crippen molar-refractivity contribution in [2.24, 2.45) is 5.73 Å². The number of nitrogens with zero attached hydrogens (tertiary/aromatic N) is 3. The SMILES string of the molecule is Cc1nnsc1C(N)c1cnccc1C(F)(F)F. The number of halogens is 3. The van der Waals surface area contributed by atoms with Crippen LogP contribution in [0.3, 0.4) is 0 Å². The molecule has 0 radical (unpaired) electrons. The molecule has 1 atom stereocenters. The molecule has 0 aliphatic carbocycles. The van der Waals surface area contributed by atoms with Gasteiger partial charge in [0.2, 0.25) is 0 Å². The van der Waals surface area contributed by atoms with Crippen LogP contribution in [0.4, 0.5) is 13.2 Å². The van der Waals surface area contributed by atoms with Crippen LogP contribution in [0, 0.1) is 6.92 Å². The summed E-state index contributed by atoms with van der Waals surface area (Å²) in [6, 6.07) is -0.00533. The molecule has 2 aromatic rings. The monoisotopic (exact) mass is 274 g/mol. The Hall–Kier alpha value is -1.54. The quantitative estimate of drug-likeness (QED) is 0.912. The molecule has 0 amide bonds. The molecular weight excluding hydrogens is 265 g/mol. The van der Waals surface area contributed by atoms with Crippen LogP contribution in [-0.2, 0) is 6.18 Å². The number of pyridine rings is 1. The third kappa shape index (κ3) is 2.34. The van der Waals surface area contributed by atoms with Crippen LogP contribution in [0.15, 0.2) is 18.5 Å². The van der Waals surface area contributed by atoms with Crippen molar-refractivity contribution in [1.82, 2.24) is 14.6 Å². The Kier molecular flexibility index (Phi) is 3.31. The lowest BCUT2D eigenvalue weighted by molar-refractivity contribution is -0.138. The van der Waals surface area contributed by atoms with Crippen molar-refractivity contribution in [2.75, 3.05) is 0 Å². The summed E-state index contributed by atoms with van der Waals surface area (Å²) in [7, 11) is 0. The van der Waals surface area contributed by atoms with E-state index in [9.17, 15) is 13.2 Å². The lowest BCUT2D eigenvalue weighted by Gasteiger charge is -2.16. The van der Waals surface area contributed by atoms with Crippen LogP contribution in [0.25, 0.3) is 0 Å². The van der Waals surface area contributed by atoms with E-state index in [1.165, 1.54) is 0 Å². The van der Waals surface area contributed by atoms with Gasteiger partial charge in [0.25, 0.3) is 0 Å². The summed E-state index contributed by atoms with van der Waals surface area (Å²) >= 11 is 0.991. The Bertz CT molecular complexity index is 552. The smallest absolute Gasteiger partial charge is 0.319 e. The van der Waals surface area contributed by atoms with Crippen molar-refractivity contribution >= 4 is 11.5 Å². The van der Waals surface area contributed by atoms with E-state index in [4.69, 9.17) is 5.73 Å². The molecular formula is C10H9F3N4S. The predicted octanol–water partition coefficient (Wildman–Crippen LogP) is 2.31. The summed E-state index contributed by atoms with van der Waals surface area (Å²) in [5, 5.41) is 3.74. The van der Waals surface area contributed by atoms with Crippen molar-refractivity contribution < 1.29 is 13.2 Å². The first kappa shape index (κ1) is 12.9. The summed E-state index contributed by atoms with van der Waals surface area (Å²) in [6.07, 6.45) is -2.23. The fourth-order valence-corrected chi connectivity index (χ4v) is 2.24. The highest BCUT2D eigenvalue weighted by Crippen LogP contribution is 2.36. The fourth-order valence-electron chi connectivity index (χ4n) is 1.58. The first-order chi connectivity index (χ1) is 8.41. The molecule has 0 saturated heterocycles. The fraction of sp³-hybridized carbons (Fsp3) is 0.300. The molecule has 2 heterocycles. The number of nitrogens with two attached hydrogens (primary N) is 1. The Morgan fingerprint density at radius 2 is 2.11 bits per heavy atom. The van der Waals surface area contributed by atoms with E-state index in [0.717, 1.165) is 30.0 Å². The summed E-state index contributed by atoms with van der Waals surface area (Å²) in [6.45, 7) is 1.66. The highest BCUT2D eigenvalue weighted by Gasteiger charge is 2.35. The maximum Gasteiger partial charge on any atom is 0.416 e. The van der Waals surface area contributed by atoms with Crippen molar-refractivity contribution in [1.29, 1.82) is 0 Å². The van der Waals surface area contributed by atoms with Crippen LogP contribution >= 0.6 is 11.5 Å². The average molecular weight is 274 g/mol. The predicted molar refractivity (Wildman–Crippen MR) is 59.9 cm³/mol. The molecule has 0 spiro atoms. The number of aromatic nitrogens is 3. The molecule has 18 heavy (non-hydrogen) atoms. The van der Waals surface area contributed by atoms with Crippen LogP contribution in [0.5, 0.6) is 0 Å². The van der Waals surface area contributed by atoms with E-state index >= 15 is 0 Å². The largest absolute Gasteiger partial charge is 0.416 e. The first-order valence-corrected chi connectivity index (χ1v) is 5.74. The second kappa shape index (κ2) is 4.62. The van der Waals surface area contributed by atoms with Gasteiger partial charge in [-0.05, 0) is 24.5 Å².